The number of unbranched alkanes of at least 4 members (excludes halogenated alkanes) is 9. The minimum Gasteiger partial charge on any atom is -0.612 e. The Morgan fingerprint density at radius 1 is 0.796 bits per heavy atom. The largest absolute Gasteiger partial charge is 0.612 e. The highest BCUT2D eigenvalue weighted by Crippen LogP contribution is 2.39. The zero-order valence-electron chi connectivity index (χ0n) is 32.8. The van der Waals surface area contributed by atoms with E-state index < -0.39 is 26.8 Å². The van der Waals surface area contributed by atoms with Gasteiger partial charge in [-0.3, -0.25) is 4.98 Å². The van der Waals surface area contributed by atoms with Crippen molar-refractivity contribution in [1.29, 1.82) is 0 Å². The zero-order valence-corrected chi connectivity index (χ0v) is 34.4. The molecule has 0 amide bonds. The summed E-state index contributed by atoms with van der Waals surface area (Å²) in [7, 11) is -4.17. The third-order valence-corrected chi connectivity index (χ3v) is 14.7. The molecule has 0 N–H and O–H groups in total. The number of pyridine rings is 1. The molecule has 0 bridgehead atoms. The molecule has 2 aromatic carbocycles. The average Bonchev–Trinajstić information content (AvgIpc) is 3.20. The molecule has 0 radical (unpaired) electrons. The van der Waals surface area contributed by atoms with Gasteiger partial charge in [-0.25, -0.2) is 12.8 Å². The maximum absolute atomic E-state index is 15.4. The van der Waals surface area contributed by atoms with Crippen molar-refractivity contribution >= 4 is 37.6 Å². The Kier molecular flexibility index (Phi) is 15.4. The Bertz CT molecular complexity index is 1740. The van der Waals surface area contributed by atoms with Gasteiger partial charge in [-0.15, -0.1) is 0 Å². The van der Waals surface area contributed by atoms with Gasteiger partial charge in [-0.05, 0) is 113 Å². The van der Waals surface area contributed by atoms with Crippen molar-refractivity contribution in [3.63, 3.8) is 0 Å². The first-order valence-corrected chi connectivity index (χ1v) is 24.0. The predicted octanol–water partition coefficient (Wildman–Crippen LogP) is 9.16. The Balaban J connectivity index is 1.12. The lowest BCUT2D eigenvalue weighted by atomic mass is 9.95. The number of rotatable bonds is 18. The Morgan fingerprint density at radius 2 is 1.41 bits per heavy atom. The van der Waals surface area contributed by atoms with E-state index in [0.29, 0.717) is 53.3 Å². The van der Waals surface area contributed by atoms with E-state index in [1.54, 1.807) is 12.3 Å². The van der Waals surface area contributed by atoms with Crippen LogP contribution >= 0.6 is 0 Å². The number of ether oxygens (including phenoxy) is 1. The van der Waals surface area contributed by atoms with Crippen LogP contribution in [0.25, 0.3) is 10.9 Å². The minimum atomic E-state index is -4.17. The van der Waals surface area contributed by atoms with Gasteiger partial charge in [0.2, 0.25) is 9.84 Å². The van der Waals surface area contributed by atoms with Gasteiger partial charge >= 0.3 is 0 Å². The number of hydrogen-bond donors (Lipinski definition) is 0. The third-order valence-electron chi connectivity index (χ3n) is 12.1. The summed E-state index contributed by atoms with van der Waals surface area (Å²) in [4.78, 5) is 12.6. The molecule has 3 aliphatic heterocycles. The van der Waals surface area contributed by atoms with Gasteiger partial charge in [-0.2, -0.15) is 0 Å². The maximum atomic E-state index is 15.4. The fourth-order valence-corrected chi connectivity index (χ4v) is 10.8. The highest BCUT2D eigenvalue weighted by Gasteiger charge is 2.34. The predicted molar refractivity (Wildman–Crippen MR) is 219 cm³/mol. The van der Waals surface area contributed by atoms with Gasteiger partial charge in [-0.1, -0.05) is 71.1 Å². The van der Waals surface area contributed by atoms with Gasteiger partial charge < -0.3 is 24.0 Å². The summed E-state index contributed by atoms with van der Waals surface area (Å²) in [5.41, 5.74) is 1.21. The SMILES string of the molecule is CCCCCCCCCCCCOc1ccc(S(=O)(=O)c2cnc3ccc([S+](C)[O-])cc3c2N2CCC(N3CCC(N4CCCCC4)CC3)CC2)cc1F. The number of nitrogens with zero attached hydrogens (tertiary/aromatic N) is 4. The van der Waals surface area contributed by atoms with Gasteiger partial charge in [0.15, 0.2) is 16.5 Å². The van der Waals surface area contributed by atoms with Crippen molar-refractivity contribution in [3.8, 4) is 5.75 Å². The van der Waals surface area contributed by atoms with Crippen LogP contribution in [0.4, 0.5) is 10.1 Å². The molecule has 3 fully saturated rings. The smallest absolute Gasteiger partial charge is 0.210 e. The number of benzene rings is 2. The topological polar surface area (TPSA) is 89.0 Å². The van der Waals surface area contributed by atoms with Crippen LogP contribution in [0.1, 0.15) is 116 Å². The van der Waals surface area contributed by atoms with E-state index in [9.17, 15) is 13.0 Å². The first kappa shape index (κ1) is 41.2. The molecule has 1 atom stereocenters. The molecule has 298 valence electrons. The molecular formula is C43H63FN4O4S2. The van der Waals surface area contributed by atoms with Crippen LogP contribution in [0.5, 0.6) is 5.75 Å². The van der Waals surface area contributed by atoms with Crippen molar-refractivity contribution in [2.45, 2.75) is 143 Å². The summed E-state index contributed by atoms with van der Waals surface area (Å²) in [6.45, 7) is 8.72. The van der Waals surface area contributed by atoms with E-state index in [1.807, 2.05) is 12.1 Å². The Hall–Kier alpha value is -2.44. The normalized spacial score (nSPS) is 19.1. The lowest BCUT2D eigenvalue weighted by molar-refractivity contribution is 0.0654. The first-order chi connectivity index (χ1) is 26.3. The third kappa shape index (κ3) is 10.5. The molecule has 1 unspecified atom stereocenters. The van der Waals surface area contributed by atoms with Crippen LogP contribution in [0, 0.1) is 5.82 Å². The van der Waals surface area contributed by atoms with Crippen molar-refractivity contribution in [2.24, 2.45) is 0 Å². The number of sulfone groups is 1. The van der Waals surface area contributed by atoms with E-state index >= 15 is 4.39 Å². The summed E-state index contributed by atoms with van der Waals surface area (Å²) in [5, 5.41) is 0.654. The number of anilines is 1. The Labute approximate surface area is 327 Å². The molecule has 0 aliphatic carbocycles. The van der Waals surface area contributed by atoms with Gasteiger partial charge in [0.25, 0.3) is 0 Å². The number of hydrogen-bond acceptors (Lipinski definition) is 8. The van der Waals surface area contributed by atoms with Crippen molar-refractivity contribution in [1.82, 2.24) is 14.8 Å². The van der Waals surface area contributed by atoms with E-state index in [0.717, 1.165) is 51.3 Å². The standard InChI is InChI=1S/C43H63FN4O4S2/c1-3-4-5-6-7-8-9-10-11-15-30-52-41-19-17-37(32-39(41)44)54(50,51)42-33-45-40-18-16-36(53(2)49)31-38(40)43(42)48-28-22-35(23-29-48)47-26-20-34(21-27-47)46-24-13-12-14-25-46/h16-19,31-35H,3-15,20-30H2,1-2H3. The number of aromatic nitrogens is 1. The van der Waals surface area contributed by atoms with Crippen molar-refractivity contribution in [2.75, 3.05) is 57.0 Å². The van der Waals surface area contributed by atoms with Crippen molar-refractivity contribution < 1.29 is 22.1 Å². The summed E-state index contributed by atoms with van der Waals surface area (Å²) in [5.74, 6) is -0.620. The monoisotopic (exact) mass is 782 g/mol. The van der Waals surface area contributed by atoms with Crippen LogP contribution in [-0.2, 0) is 21.0 Å². The highest BCUT2D eigenvalue weighted by molar-refractivity contribution is 7.91. The second kappa shape index (κ2) is 20.1. The minimum absolute atomic E-state index is 0.0493. The van der Waals surface area contributed by atoms with E-state index in [-0.39, 0.29) is 15.5 Å². The fraction of sp³-hybridized carbons (Fsp3) is 0.651. The lowest BCUT2D eigenvalue weighted by Crippen LogP contribution is -2.52. The molecule has 54 heavy (non-hydrogen) atoms. The Morgan fingerprint density at radius 3 is 2.04 bits per heavy atom. The maximum Gasteiger partial charge on any atom is 0.210 e. The second-order valence-corrected chi connectivity index (χ2v) is 19.1. The zero-order chi connectivity index (χ0) is 37.9. The lowest BCUT2D eigenvalue weighted by Gasteiger charge is -2.45. The number of likely N-dealkylation sites (tertiary alicyclic amines) is 2. The molecule has 4 heterocycles. The molecule has 6 rings (SSSR count). The van der Waals surface area contributed by atoms with Crippen LogP contribution in [-0.4, -0.2) is 92.0 Å². The van der Waals surface area contributed by atoms with E-state index in [4.69, 9.17) is 4.74 Å². The number of piperidine rings is 3. The van der Waals surface area contributed by atoms with Crippen molar-refractivity contribution in [3.05, 3.63) is 48.4 Å². The quantitative estimate of drug-likeness (QED) is 0.0933. The van der Waals surface area contributed by atoms with Crippen LogP contribution < -0.4 is 9.64 Å². The first-order valence-electron chi connectivity index (χ1n) is 20.9. The van der Waals surface area contributed by atoms with Gasteiger partial charge in [0.05, 0.1) is 22.7 Å². The molecule has 8 nitrogen and oxygen atoms in total. The second-order valence-electron chi connectivity index (χ2n) is 15.8. The summed E-state index contributed by atoms with van der Waals surface area (Å²) in [6, 6.07) is 10.5. The summed E-state index contributed by atoms with van der Waals surface area (Å²) < 4.78 is 62.6. The molecule has 3 saturated heterocycles. The average molecular weight is 783 g/mol. The molecule has 11 heteroatoms. The van der Waals surface area contributed by atoms with E-state index in [2.05, 4.69) is 26.6 Å². The number of halogens is 1. The molecule has 0 spiro atoms. The molecule has 3 aromatic rings. The fourth-order valence-electron chi connectivity index (χ4n) is 8.86. The summed E-state index contributed by atoms with van der Waals surface area (Å²) >= 11 is -1.26. The highest BCUT2D eigenvalue weighted by atomic mass is 32.2. The van der Waals surface area contributed by atoms with E-state index in [1.165, 1.54) is 108 Å². The molecular weight excluding hydrogens is 720 g/mol. The van der Waals surface area contributed by atoms with Gasteiger partial charge in [0.1, 0.15) is 11.2 Å². The number of fused-ring (bicyclic) bond motifs is 1. The molecule has 0 saturated carbocycles. The van der Waals surface area contributed by atoms with Gasteiger partial charge in [0, 0.05) is 42.8 Å². The molecule has 3 aliphatic rings. The summed E-state index contributed by atoms with van der Waals surface area (Å²) in [6.07, 6.45) is 23.4. The van der Waals surface area contributed by atoms with Crippen LogP contribution in [0.2, 0.25) is 0 Å². The van der Waals surface area contributed by atoms with Crippen LogP contribution in [0.15, 0.2) is 57.3 Å². The molecule has 1 aromatic heterocycles. The van der Waals surface area contributed by atoms with Crippen LogP contribution in [0.3, 0.4) is 0 Å².